The molecule has 0 unspecified atom stereocenters. The number of ether oxygens (including phenoxy) is 1. The Morgan fingerprint density at radius 1 is 1.05 bits per heavy atom. The molecule has 2 amide bonds. The molecule has 2 heterocycles. The third kappa shape index (κ3) is 7.10. The predicted molar refractivity (Wildman–Crippen MR) is 162 cm³/mol. The Bertz CT molecular complexity index is 1420. The van der Waals surface area contributed by atoms with Crippen LogP contribution in [0.1, 0.15) is 79.6 Å². The van der Waals surface area contributed by atoms with Gasteiger partial charge in [-0.05, 0) is 72.5 Å². The van der Waals surface area contributed by atoms with Gasteiger partial charge in [-0.25, -0.2) is 4.98 Å². The van der Waals surface area contributed by atoms with Crippen LogP contribution in [0.25, 0.3) is 11.0 Å². The number of nitrogens with one attached hydrogen (secondary N) is 2. The van der Waals surface area contributed by atoms with Crippen LogP contribution in [0.3, 0.4) is 0 Å². The summed E-state index contributed by atoms with van der Waals surface area (Å²) in [5.41, 5.74) is 3.26. The lowest BCUT2D eigenvalue weighted by atomic mass is 10.0. The number of imidazole rings is 1. The minimum absolute atomic E-state index is 0.206. The number of thiophene rings is 1. The maximum Gasteiger partial charge on any atom is 0.252 e. The number of carbonyl (C=O) groups excluding carboxylic acids is 2. The minimum atomic E-state index is -0.648. The summed E-state index contributed by atoms with van der Waals surface area (Å²) in [7, 11) is 1.62. The third-order valence-electron chi connectivity index (χ3n) is 7.17. The van der Waals surface area contributed by atoms with E-state index in [1.807, 2.05) is 56.3 Å². The Hall–Kier alpha value is -3.65. The Morgan fingerprint density at radius 3 is 2.52 bits per heavy atom. The molecule has 0 aliphatic rings. The van der Waals surface area contributed by atoms with Gasteiger partial charge in [0, 0.05) is 29.4 Å². The molecule has 0 saturated heterocycles. The van der Waals surface area contributed by atoms with Gasteiger partial charge in [-0.1, -0.05) is 45.9 Å². The first-order valence-corrected chi connectivity index (χ1v) is 15.0. The van der Waals surface area contributed by atoms with Crippen LogP contribution in [0.15, 0.2) is 60.0 Å². The molecule has 40 heavy (non-hydrogen) atoms. The second kappa shape index (κ2) is 13.6. The number of rotatable bonds is 13. The summed E-state index contributed by atoms with van der Waals surface area (Å²) < 4.78 is 7.62. The second-order valence-corrected chi connectivity index (χ2v) is 11.6. The fraction of sp³-hybridized carbons (Fsp3) is 0.406. The zero-order chi connectivity index (χ0) is 28.6. The Labute approximate surface area is 241 Å². The normalized spacial score (nSPS) is 12.2. The molecule has 2 aromatic carbocycles. The van der Waals surface area contributed by atoms with Crippen molar-refractivity contribution in [2.24, 2.45) is 5.92 Å². The highest BCUT2D eigenvalue weighted by atomic mass is 32.1. The second-order valence-electron chi connectivity index (χ2n) is 10.6. The van der Waals surface area contributed by atoms with Gasteiger partial charge in [0.15, 0.2) is 0 Å². The number of hydrogen-bond donors (Lipinski definition) is 2. The van der Waals surface area contributed by atoms with Crippen LogP contribution in [0.4, 0.5) is 0 Å². The lowest BCUT2D eigenvalue weighted by Crippen LogP contribution is -2.47. The fourth-order valence-electron chi connectivity index (χ4n) is 5.08. The molecule has 0 radical (unpaired) electrons. The zero-order valence-corrected chi connectivity index (χ0v) is 24.9. The quantitative estimate of drug-likeness (QED) is 0.195. The summed E-state index contributed by atoms with van der Waals surface area (Å²) in [4.78, 5) is 32.8. The third-order valence-corrected chi connectivity index (χ3v) is 8.05. The molecule has 0 aliphatic heterocycles. The maximum absolute atomic E-state index is 13.4. The molecule has 0 fully saturated rings. The molecule has 0 spiro atoms. The molecule has 0 bridgehead atoms. The number of fused-ring (bicyclic) bond motifs is 1. The van der Waals surface area contributed by atoms with Crippen LogP contribution in [0.2, 0.25) is 0 Å². The van der Waals surface area contributed by atoms with E-state index in [1.54, 1.807) is 18.4 Å². The van der Waals surface area contributed by atoms with Gasteiger partial charge in [0.25, 0.3) is 5.91 Å². The number of benzene rings is 2. The average Bonchev–Trinajstić information content (AvgIpc) is 3.59. The van der Waals surface area contributed by atoms with Gasteiger partial charge in [-0.3, -0.25) is 9.59 Å². The van der Waals surface area contributed by atoms with Crippen molar-refractivity contribution in [2.45, 2.75) is 72.0 Å². The predicted octanol–water partition coefficient (Wildman–Crippen LogP) is 6.52. The summed E-state index contributed by atoms with van der Waals surface area (Å²) >= 11 is 1.73. The summed E-state index contributed by atoms with van der Waals surface area (Å²) in [6.45, 7) is 8.84. The molecule has 0 aliphatic carbocycles. The van der Waals surface area contributed by atoms with Crippen LogP contribution in [-0.4, -0.2) is 34.5 Å². The van der Waals surface area contributed by atoms with Crippen molar-refractivity contribution < 1.29 is 14.3 Å². The number of nitrogens with zero attached hydrogens (tertiary/aromatic N) is 2. The number of methoxy groups -OCH3 is 1. The van der Waals surface area contributed by atoms with Gasteiger partial charge in [-0.2, -0.15) is 0 Å². The highest BCUT2D eigenvalue weighted by Gasteiger charge is 2.24. The molecule has 7 nitrogen and oxygen atoms in total. The smallest absolute Gasteiger partial charge is 0.252 e. The summed E-state index contributed by atoms with van der Waals surface area (Å²) in [6.07, 6.45) is 3.30. The highest BCUT2D eigenvalue weighted by Crippen LogP contribution is 2.28. The zero-order valence-electron chi connectivity index (χ0n) is 24.1. The molecule has 2 aromatic heterocycles. The molecular weight excluding hydrogens is 520 g/mol. The first-order valence-electron chi connectivity index (χ1n) is 14.1. The molecule has 212 valence electrons. The van der Waals surface area contributed by atoms with Crippen molar-refractivity contribution in [3.05, 3.63) is 81.8 Å². The van der Waals surface area contributed by atoms with Crippen molar-refractivity contribution in [3.63, 3.8) is 0 Å². The Balaban J connectivity index is 1.54. The van der Waals surface area contributed by atoms with Gasteiger partial charge in [0.2, 0.25) is 5.91 Å². The number of carbonyl (C=O) groups is 2. The van der Waals surface area contributed by atoms with Crippen LogP contribution in [-0.2, 0) is 17.8 Å². The fourth-order valence-corrected chi connectivity index (χ4v) is 5.79. The summed E-state index contributed by atoms with van der Waals surface area (Å²) in [6, 6.07) is 17.1. The van der Waals surface area contributed by atoms with Gasteiger partial charge in [0.05, 0.1) is 18.1 Å². The molecule has 0 saturated carbocycles. The molecule has 2 N–H and O–H groups in total. The first-order chi connectivity index (χ1) is 19.3. The van der Waals surface area contributed by atoms with Crippen molar-refractivity contribution in [2.75, 3.05) is 7.11 Å². The van der Waals surface area contributed by atoms with E-state index in [-0.39, 0.29) is 17.7 Å². The number of hydrogen-bond acceptors (Lipinski definition) is 5. The van der Waals surface area contributed by atoms with Crippen molar-refractivity contribution >= 4 is 34.2 Å². The standard InChI is InChI=1S/C32H40N4O3S/c1-6-24(7-2)36-29-14-13-23(18-27(29)34-30(36)19-26-12-9-15-40-26)31(37)35-28(16-21(3)4)32(38)33-20-22-10-8-11-25(17-22)39-5/h8-15,17-18,21,24,28H,6-7,16,19-20H2,1-5H3,(H,33,38)(H,35,37)/t28-/m0/s1. The van der Waals surface area contributed by atoms with E-state index in [1.165, 1.54) is 4.88 Å². The Morgan fingerprint density at radius 2 is 1.85 bits per heavy atom. The minimum Gasteiger partial charge on any atom is -0.497 e. The van der Waals surface area contributed by atoms with Gasteiger partial charge < -0.3 is 19.9 Å². The van der Waals surface area contributed by atoms with Crippen LogP contribution in [0, 0.1) is 5.92 Å². The van der Waals surface area contributed by atoms with E-state index >= 15 is 0 Å². The number of aromatic nitrogens is 2. The molecule has 1 atom stereocenters. The maximum atomic E-state index is 13.4. The van der Waals surface area contributed by atoms with E-state index in [0.29, 0.717) is 24.6 Å². The average molecular weight is 561 g/mol. The largest absolute Gasteiger partial charge is 0.497 e. The lowest BCUT2D eigenvalue weighted by Gasteiger charge is -2.21. The van der Waals surface area contributed by atoms with Crippen LogP contribution < -0.4 is 15.4 Å². The monoisotopic (exact) mass is 560 g/mol. The van der Waals surface area contributed by atoms with Crippen LogP contribution in [0.5, 0.6) is 5.75 Å². The van der Waals surface area contributed by atoms with E-state index < -0.39 is 6.04 Å². The molecule has 4 aromatic rings. The van der Waals surface area contributed by atoms with Gasteiger partial charge in [0.1, 0.15) is 17.6 Å². The van der Waals surface area contributed by atoms with Crippen molar-refractivity contribution in [3.8, 4) is 5.75 Å². The molecular formula is C32H40N4O3S. The SMILES string of the molecule is CCC(CC)n1c(Cc2cccs2)nc2cc(C(=O)N[C@@H](CC(C)C)C(=O)NCc3cccc(OC)c3)ccc21. The van der Waals surface area contributed by atoms with E-state index in [2.05, 4.69) is 46.6 Å². The van der Waals surface area contributed by atoms with Crippen molar-refractivity contribution in [1.82, 2.24) is 20.2 Å². The summed E-state index contributed by atoms with van der Waals surface area (Å²) in [5.74, 6) is 1.49. The van der Waals surface area contributed by atoms with Crippen LogP contribution >= 0.6 is 11.3 Å². The highest BCUT2D eigenvalue weighted by molar-refractivity contribution is 7.09. The summed E-state index contributed by atoms with van der Waals surface area (Å²) in [5, 5.41) is 8.04. The molecule has 4 rings (SSSR count). The van der Waals surface area contributed by atoms with E-state index in [9.17, 15) is 9.59 Å². The van der Waals surface area contributed by atoms with Crippen molar-refractivity contribution in [1.29, 1.82) is 0 Å². The lowest BCUT2D eigenvalue weighted by molar-refractivity contribution is -0.123. The van der Waals surface area contributed by atoms with Gasteiger partial charge >= 0.3 is 0 Å². The first kappa shape index (κ1) is 29.3. The topological polar surface area (TPSA) is 85.2 Å². The number of amides is 2. The van der Waals surface area contributed by atoms with Gasteiger partial charge in [-0.15, -0.1) is 11.3 Å². The molecule has 8 heteroatoms. The Kier molecular flexibility index (Phi) is 9.98. The van der Waals surface area contributed by atoms with E-state index in [0.717, 1.165) is 47.4 Å². The van der Waals surface area contributed by atoms with E-state index in [4.69, 9.17) is 9.72 Å².